The second-order valence-corrected chi connectivity index (χ2v) is 7.74. The number of hydrogen-bond donors (Lipinski definition) is 1. The van der Waals surface area contributed by atoms with Gasteiger partial charge in [-0.1, -0.05) is 58.9 Å². The Kier molecular flexibility index (Phi) is 10.3. The van der Waals surface area contributed by atoms with E-state index in [2.05, 4.69) is 44.8 Å². The van der Waals surface area contributed by atoms with Crippen LogP contribution in [0.2, 0.25) is 0 Å². The molecule has 0 aliphatic rings. The van der Waals surface area contributed by atoms with Crippen molar-refractivity contribution in [1.82, 2.24) is 10.2 Å². The molecule has 0 saturated carbocycles. The van der Waals surface area contributed by atoms with E-state index in [0.29, 0.717) is 25.3 Å². The van der Waals surface area contributed by atoms with Gasteiger partial charge in [0.05, 0.1) is 13.2 Å². The molecule has 0 aromatic heterocycles. The maximum absolute atomic E-state index is 12.2. The van der Waals surface area contributed by atoms with Gasteiger partial charge in [0.15, 0.2) is 5.78 Å². The Hall–Kier alpha value is -1.72. The molecule has 5 heteroatoms. The van der Waals surface area contributed by atoms with Crippen molar-refractivity contribution in [3.05, 3.63) is 35.4 Å². The zero-order valence-electron chi connectivity index (χ0n) is 17.6. The maximum atomic E-state index is 12.2. The van der Waals surface area contributed by atoms with Gasteiger partial charge >= 0.3 is 0 Å². The van der Waals surface area contributed by atoms with Crippen molar-refractivity contribution in [2.24, 2.45) is 0 Å². The first-order chi connectivity index (χ1) is 12.8. The van der Waals surface area contributed by atoms with E-state index in [1.807, 2.05) is 24.3 Å². The number of nitrogens with zero attached hydrogens (tertiary/aromatic N) is 1. The van der Waals surface area contributed by atoms with Crippen LogP contribution in [0.25, 0.3) is 0 Å². The topological polar surface area (TPSA) is 58.6 Å². The Morgan fingerprint density at radius 1 is 1.00 bits per heavy atom. The molecule has 0 atom stereocenters. The van der Waals surface area contributed by atoms with Crippen molar-refractivity contribution < 1.29 is 14.3 Å². The molecule has 5 nitrogen and oxygen atoms in total. The van der Waals surface area contributed by atoms with E-state index in [0.717, 1.165) is 19.6 Å². The van der Waals surface area contributed by atoms with Crippen molar-refractivity contribution in [2.45, 2.75) is 52.9 Å². The van der Waals surface area contributed by atoms with Gasteiger partial charge in [-0.05, 0) is 24.1 Å². The number of likely N-dealkylation sites (N-methyl/N-ethyl adjacent to an activating group) is 1. The van der Waals surface area contributed by atoms with Crippen molar-refractivity contribution in [1.29, 1.82) is 0 Å². The molecule has 1 aromatic rings. The van der Waals surface area contributed by atoms with Crippen LogP contribution in [0, 0.1) is 0 Å². The maximum Gasteiger partial charge on any atom is 0.220 e. The molecule has 0 bridgehead atoms. The molecule has 0 fully saturated rings. The largest absolute Gasteiger partial charge is 0.378 e. The van der Waals surface area contributed by atoms with Gasteiger partial charge in [-0.3, -0.25) is 9.59 Å². The molecule has 0 spiro atoms. The molecule has 27 heavy (non-hydrogen) atoms. The summed E-state index contributed by atoms with van der Waals surface area (Å²) in [5.41, 5.74) is 1.92. The predicted molar refractivity (Wildman–Crippen MR) is 110 cm³/mol. The molecule has 0 saturated heterocycles. The highest BCUT2D eigenvalue weighted by Gasteiger charge is 2.14. The van der Waals surface area contributed by atoms with Gasteiger partial charge < -0.3 is 15.0 Å². The van der Waals surface area contributed by atoms with Gasteiger partial charge in [-0.25, -0.2) is 0 Å². The third-order valence-corrected chi connectivity index (χ3v) is 4.67. The molecule has 1 amide bonds. The van der Waals surface area contributed by atoms with Crippen LogP contribution in [0.15, 0.2) is 24.3 Å². The minimum absolute atomic E-state index is 0.00100. The molecular formula is C22H36N2O3. The van der Waals surface area contributed by atoms with Gasteiger partial charge in [0.25, 0.3) is 0 Å². The average molecular weight is 377 g/mol. The SMILES string of the molecule is CCN(CC)CCOCCNC(=O)CCC(=O)c1ccc(C(C)(C)C)cc1. The number of benzene rings is 1. The van der Waals surface area contributed by atoms with Gasteiger partial charge in [0.2, 0.25) is 5.91 Å². The summed E-state index contributed by atoms with van der Waals surface area (Å²) in [6.07, 6.45) is 0.433. The lowest BCUT2D eigenvalue weighted by Crippen LogP contribution is -2.30. The van der Waals surface area contributed by atoms with E-state index in [9.17, 15) is 9.59 Å². The lowest BCUT2D eigenvalue weighted by atomic mass is 9.86. The van der Waals surface area contributed by atoms with Crippen LogP contribution < -0.4 is 5.32 Å². The third-order valence-electron chi connectivity index (χ3n) is 4.67. The number of carbonyl (C=O) groups is 2. The first-order valence-corrected chi connectivity index (χ1v) is 9.98. The Morgan fingerprint density at radius 2 is 1.63 bits per heavy atom. The van der Waals surface area contributed by atoms with Crippen LogP contribution in [0.5, 0.6) is 0 Å². The minimum atomic E-state index is -0.109. The molecule has 0 heterocycles. The Morgan fingerprint density at radius 3 is 2.19 bits per heavy atom. The molecule has 0 unspecified atom stereocenters. The number of rotatable bonds is 12. The van der Waals surface area contributed by atoms with E-state index in [1.165, 1.54) is 5.56 Å². The van der Waals surface area contributed by atoms with Crippen LogP contribution in [-0.2, 0) is 14.9 Å². The van der Waals surface area contributed by atoms with Crippen LogP contribution in [-0.4, -0.2) is 56.0 Å². The van der Waals surface area contributed by atoms with E-state index < -0.39 is 0 Å². The lowest BCUT2D eigenvalue weighted by molar-refractivity contribution is -0.121. The van der Waals surface area contributed by atoms with E-state index in [-0.39, 0.29) is 29.9 Å². The fraction of sp³-hybridized carbons (Fsp3) is 0.636. The Labute approximate surface area is 164 Å². The number of ketones is 1. The Bertz CT molecular complexity index is 572. The molecule has 0 radical (unpaired) electrons. The zero-order valence-corrected chi connectivity index (χ0v) is 17.6. The summed E-state index contributed by atoms with van der Waals surface area (Å²) in [4.78, 5) is 26.4. The second-order valence-electron chi connectivity index (χ2n) is 7.74. The van der Waals surface area contributed by atoms with Crippen molar-refractivity contribution in [3.63, 3.8) is 0 Å². The summed E-state index contributed by atoms with van der Waals surface area (Å²) in [6, 6.07) is 7.68. The normalized spacial score (nSPS) is 11.6. The number of nitrogens with one attached hydrogen (secondary N) is 1. The van der Waals surface area contributed by atoms with Gasteiger partial charge in [-0.2, -0.15) is 0 Å². The number of amides is 1. The standard InChI is InChI=1S/C22H36N2O3/c1-6-24(7-2)15-17-27-16-14-23-21(26)13-12-20(25)18-8-10-19(11-9-18)22(3,4)5/h8-11H,6-7,12-17H2,1-5H3,(H,23,26). The zero-order chi connectivity index (χ0) is 20.3. The third kappa shape index (κ3) is 9.16. The summed E-state index contributed by atoms with van der Waals surface area (Å²) in [5, 5.41) is 2.80. The highest BCUT2D eigenvalue weighted by molar-refractivity contribution is 5.97. The van der Waals surface area contributed by atoms with Gasteiger partial charge in [-0.15, -0.1) is 0 Å². The molecule has 1 rings (SSSR count). The van der Waals surface area contributed by atoms with Crippen LogP contribution in [0.3, 0.4) is 0 Å². The van der Waals surface area contributed by atoms with Crippen molar-refractivity contribution >= 4 is 11.7 Å². The monoisotopic (exact) mass is 376 g/mol. The highest BCUT2D eigenvalue weighted by atomic mass is 16.5. The summed E-state index contributed by atoms with van der Waals surface area (Å²) in [6.45, 7) is 15.3. The molecule has 1 aromatic carbocycles. The predicted octanol–water partition coefficient (Wildman–Crippen LogP) is 3.42. The van der Waals surface area contributed by atoms with Gasteiger partial charge in [0, 0.05) is 31.5 Å². The summed E-state index contributed by atoms with van der Waals surface area (Å²) >= 11 is 0. The van der Waals surface area contributed by atoms with Crippen LogP contribution in [0.4, 0.5) is 0 Å². The van der Waals surface area contributed by atoms with E-state index >= 15 is 0 Å². The quantitative estimate of drug-likeness (QED) is 0.449. The molecule has 1 N–H and O–H groups in total. The second kappa shape index (κ2) is 11.9. The number of carbonyl (C=O) groups excluding carboxylic acids is 2. The van der Waals surface area contributed by atoms with E-state index in [1.54, 1.807) is 0 Å². The minimum Gasteiger partial charge on any atom is -0.378 e. The van der Waals surface area contributed by atoms with Crippen molar-refractivity contribution in [3.8, 4) is 0 Å². The number of ether oxygens (including phenoxy) is 1. The fourth-order valence-electron chi connectivity index (χ4n) is 2.71. The number of Topliss-reactive ketones (excluding diaryl/α,β-unsaturated/α-hetero) is 1. The van der Waals surface area contributed by atoms with Crippen molar-refractivity contribution in [2.75, 3.05) is 39.4 Å². The molecular weight excluding hydrogens is 340 g/mol. The van der Waals surface area contributed by atoms with E-state index in [4.69, 9.17) is 4.74 Å². The highest BCUT2D eigenvalue weighted by Crippen LogP contribution is 2.22. The van der Waals surface area contributed by atoms with Crippen LogP contribution in [0.1, 0.15) is 63.4 Å². The summed E-state index contributed by atoms with van der Waals surface area (Å²) in [7, 11) is 0. The average Bonchev–Trinajstić information content (AvgIpc) is 2.65. The number of hydrogen-bond acceptors (Lipinski definition) is 4. The fourth-order valence-corrected chi connectivity index (χ4v) is 2.71. The first kappa shape index (κ1) is 23.3. The molecule has 152 valence electrons. The smallest absolute Gasteiger partial charge is 0.220 e. The summed E-state index contributed by atoms with van der Waals surface area (Å²) < 4.78 is 5.53. The van der Waals surface area contributed by atoms with Gasteiger partial charge in [0.1, 0.15) is 0 Å². The molecule has 0 aliphatic carbocycles. The van der Waals surface area contributed by atoms with Crippen LogP contribution >= 0.6 is 0 Å². The molecule has 0 aliphatic heterocycles. The summed E-state index contributed by atoms with van der Waals surface area (Å²) in [5.74, 6) is -0.108. The first-order valence-electron chi connectivity index (χ1n) is 9.98. The lowest BCUT2D eigenvalue weighted by Gasteiger charge is -2.19. The Balaban J connectivity index is 2.21.